The maximum atomic E-state index is 10.0. The molecule has 1 heteroatoms. The molecule has 88 valence electrons. The van der Waals surface area contributed by atoms with Gasteiger partial charge in [-0.1, -0.05) is 64.0 Å². The fourth-order valence-electron chi connectivity index (χ4n) is 1.67. The van der Waals surface area contributed by atoms with Crippen LogP contribution in [0, 0.1) is 0 Å². The molecule has 15 heavy (non-hydrogen) atoms. The molecule has 0 heterocycles. The molecule has 0 saturated heterocycles. The third kappa shape index (κ3) is 13.4. The van der Waals surface area contributed by atoms with Crippen LogP contribution in [-0.4, -0.2) is 6.29 Å². The fraction of sp³-hybridized carbons (Fsp3) is 0.786. The summed E-state index contributed by atoms with van der Waals surface area (Å²) in [6.45, 7) is 2.26. The Morgan fingerprint density at radius 2 is 1.40 bits per heavy atom. The van der Waals surface area contributed by atoms with Crippen molar-refractivity contribution in [3.8, 4) is 0 Å². The third-order valence-electron chi connectivity index (χ3n) is 2.62. The van der Waals surface area contributed by atoms with Gasteiger partial charge in [-0.3, -0.25) is 0 Å². The number of carbonyl (C=O) groups is 1. The van der Waals surface area contributed by atoms with E-state index in [4.69, 9.17) is 0 Å². The summed E-state index contributed by atoms with van der Waals surface area (Å²) in [6.07, 6.45) is 17.7. The highest BCUT2D eigenvalue weighted by atomic mass is 16.1. The van der Waals surface area contributed by atoms with Gasteiger partial charge in [-0.15, -0.1) is 0 Å². The topological polar surface area (TPSA) is 17.1 Å². The minimum absolute atomic E-state index is 0.580. The Balaban J connectivity index is 2.95. The van der Waals surface area contributed by atoms with E-state index in [1.807, 2.05) is 6.08 Å². The zero-order valence-corrected chi connectivity index (χ0v) is 10.2. The Hall–Kier alpha value is -0.590. The molecule has 0 aliphatic rings. The predicted molar refractivity (Wildman–Crippen MR) is 67.0 cm³/mol. The summed E-state index contributed by atoms with van der Waals surface area (Å²) in [5, 5.41) is 0. The molecule has 0 aromatic heterocycles. The summed E-state index contributed by atoms with van der Waals surface area (Å²) in [5.74, 6) is 0. The monoisotopic (exact) mass is 210 g/mol. The summed E-state index contributed by atoms with van der Waals surface area (Å²) in [7, 11) is 0. The molecular formula is C14H26O. The lowest BCUT2D eigenvalue weighted by Crippen LogP contribution is -1.80. The van der Waals surface area contributed by atoms with Crippen molar-refractivity contribution >= 4 is 6.29 Å². The first kappa shape index (κ1) is 14.4. The smallest absolute Gasteiger partial charge is 0.123 e. The van der Waals surface area contributed by atoms with E-state index in [9.17, 15) is 4.79 Å². The Bertz CT molecular complexity index is 149. The fourth-order valence-corrected chi connectivity index (χ4v) is 1.67. The number of aldehydes is 1. The maximum absolute atomic E-state index is 10.0. The van der Waals surface area contributed by atoms with Crippen molar-refractivity contribution in [1.82, 2.24) is 0 Å². The summed E-state index contributed by atoms with van der Waals surface area (Å²) in [4.78, 5) is 10.0. The van der Waals surface area contributed by atoms with Gasteiger partial charge in [-0.25, -0.2) is 0 Å². The largest absolute Gasteiger partial charge is 0.303 e. The highest BCUT2D eigenvalue weighted by Crippen LogP contribution is 2.09. The summed E-state index contributed by atoms with van der Waals surface area (Å²) < 4.78 is 0. The van der Waals surface area contributed by atoms with E-state index in [0.29, 0.717) is 6.42 Å². The molecule has 0 unspecified atom stereocenters. The van der Waals surface area contributed by atoms with Crippen molar-refractivity contribution in [3.05, 3.63) is 12.2 Å². The lowest BCUT2D eigenvalue weighted by Gasteiger charge is -1.99. The van der Waals surface area contributed by atoms with Crippen LogP contribution in [0.4, 0.5) is 0 Å². The van der Waals surface area contributed by atoms with Crippen LogP contribution in [0.15, 0.2) is 12.2 Å². The van der Waals surface area contributed by atoms with E-state index in [1.165, 1.54) is 51.4 Å². The zero-order valence-electron chi connectivity index (χ0n) is 10.2. The van der Waals surface area contributed by atoms with Gasteiger partial charge in [0.1, 0.15) is 6.29 Å². The van der Waals surface area contributed by atoms with Crippen LogP contribution in [0.1, 0.15) is 71.1 Å². The number of hydrogen-bond acceptors (Lipinski definition) is 1. The summed E-state index contributed by atoms with van der Waals surface area (Å²) >= 11 is 0. The van der Waals surface area contributed by atoms with Gasteiger partial charge < -0.3 is 4.79 Å². The van der Waals surface area contributed by atoms with Crippen LogP contribution in [0.5, 0.6) is 0 Å². The van der Waals surface area contributed by atoms with E-state index in [-0.39, 0.29) is 0 Å². The van der Waals surface area contributed by atoms with E-state index >= 15 is 0 Å². The third-order valence-corrected chi connectivity index (χ3v) is 2.62. The lowest BCUT2D eigenvalue weighted by atomic mass is 10.1. The zero-order chi connectivity index (χ0) is 11.2. The molecule has 0 rings (SSSR count). The van der Waals surface area contributed by atoms with Gasteiger partial charge in [-0.05, 0) is 12.8 Å². The molecular weight excluding hydrogens is 184 g/mol. The second kappa shape index (κ2) is 13.4. The van der Waals surface area contributed by atoms with Crippen molar-refractivity contribution in [2.45, 2.75) is 71.1 Å². The number of unbranched alkanes of at least 4 members (excludes halogenated alkanes) is 8. The maximum Gasteiger partial charge on any atom is 0.123 e. The first-order chi connectivity index (χ1) is 7.41. The molecule has 0 amide bonds. The SMILES string of the molecule is CCCCCCCCCCC=CCC=O. The number of carbonyl (C=O) groups excluding carboxylic acids is 1. The van der Waals surface area contributed by atoms with Crippen molar-refractivity contribution in [1.29, 1.82) is 0 Å². The summed E-state index contributed by atoms with van der Waals surface area (Å²) in [5.41, 5.74) is 0. The molecule has 0 spiro atoms. The predicted octanol–water partition coefficient (Wildman–Crippen LogP) is 4.66. The van der Waals surface area contributed by atoms with E-state index in [2.05, 4.69) is 13.0 Å². The Morgan fingerprint density at radius 3 is 2.00 bits per heavy atom. The average Bonchev–Trinajstić information content (AvgIpc) is 2.26. The Labute approximate surface area is 95.0 Å². The van der Waals surface area contributed by atoms with Crippen LogP contribution >= 0.6 is 0 Å². The van der Waals surface area contributed by atoms with Crippen molar-refractivity contribution in [3.63, 3.8) is 0 Å². The van der Waals surface area contributed by atoms with Gasteiger partial charge >= 0.3 is 0 Å². The number of allylic oxidation sites excluding steroid dienone is 2. The molecule has 0 aliphatic heterocycles. The van der Waals surface area contributed by atoms with Gasteiger partial charge in [0, 0.05) is 6.42 Å². The minimum Gasteiger partial charge on any atom is -0.303 e. The van der Waals surface area contributed by atoms with Crippen LogP contribution in [0.25, 0.3) is 0 Å². The second-order valence-electron chi connectivity index (χ2n) is 4.14. The van der Waals surface area contributed by atoms with Crippen LogP contribution in [0.3, 0.4) is 0 Å². The lowest BCUT2D eigenvalue weighted by molar-refractivity contribution is -0.107. The van der Waals surface area contributed by atoms with Gasteiger partial charge in [-0.2, -0.15) is 0 Å². The molecule has 0 atom stereocenters. The standard InChI is InChI=1S/C14H26O/c1-2-3-4-5-6-7-8-9-10-11-12-13-14-15/h11-12,14H,2-10,13H2,1H3. The molecule has 0 aromatic carbocycles. The first-order valence-electron chi connectivity index (χ1n) is 6.50. The molecule has 1 nitrogen and oxygen atoms in total. The van der Waals surface area contributed by atoms with Gasteiger partial charge in [0.15, 0.2) is 0 Å². The normalized spacial score (nSPS) is 11.0. The van der Waals surface area contributed by atoms with Gasteiger partial charge in [0.05, 0.1) is 0 Å². The molecule has 0 aliphatic carbocycles. The average molecular weight is 210 g/mol. The molecule has 0 bridgehead atoms. The van der Waals surface area contributed by atoms with Crippen LogP contribution < -0.4 is 0 Å². The second-order valence-corrected chi connectivity index (χ2v) is 4.14. The number of hydrogen-bond donors (Lipinski definition) is 0. The first-order valence-corrected chi connectivity index (χ1v) is 6.50. The van der Waals surface area contributed by atoms with E-state index in [1.54, 1.807) is 0 Å². The van der Waals surface area contributed by atoms with Gasteiger partial charge in [0.2, 0.25) is 0 Å². The highest BCUT2D eigenvalue weighted by molar-refractivity contribution is 5.51. The van der Waals surface area contributed by atoms with Crippen molar-refractivity contribution in [2.75, 3.05) is 0 Å². The number of rotatable bonds is 11. The van der Waals surface area contributed by atoms with E-state index in [0.717, 1.165) is 12.7 Å². The van der Waals surface area contributed by atoms with Crippen molar-refractivity contribution < 1.29 is 4.79 Å². The summed E-state index contributed by atoms with van der Waals surface area (Å²) in [6, 6.07) is 0. The van der Waals surface area contributed by atoms with E-state index < -0.39 is 0 Å². The van der Waals surface area contributed by atoms with Crippen LogP contribution in [-0.2, 0) is 4.79 Å². The molecule has 0 aromatic rings. The Kier molecular flexibility index (Phi) is 12.9. The minimum atomic E-state index is 0.580. The van der Waals surface area contributed by atoms with Gasteiger partial charge in [0.25, 0.3) is 0 Å². The van der Waals surface area contributed by atoms with Crippen LogP contribution in [0.2, 0.25) is 0 Å². The molecule has 0 saturated carbocycles. The Morgan fingerprint density at radius 1 is 0.800 bits per heavy atom. The highest BCUT2D eigenvalue weighted by Gasteiger charge is 1.90. The van der Waals surface area contributed by atoms with Crippen molar-refractivity contribution in [2.24, 2.45) is 0 Å². The molecule has 0 fully saturated rings. The molecule has 0 radical (unpaired) electrons. The molecule has 0 N–H and O–H groups in total. The quantitative estimate of drug-likeness (QED) is 0.275.